The molecule has 2 aromatic rings. The predicted molar refractivity (Wildman–Crippen MR) is 90.3 cm³/mol. The second kappa shape index (κ2) is 6.19. The summed E-state index contributed by atoms with van der Waals surface area (Å²) in [7, 11) is 0. The van der Waals surface area contributed by atoms with Gasteiger partial charge in [0, 0.05) is 24.4 Å². The number of nitrogens with one attached hydrogen (secondary N) is 1. The predicted octanol–water partition coefficient (Wildman–Crippen LogP) is 1.28. The van der Waals surface area contributed by atoms with Crippen molar-refractivity contribution in [2.45, 2.75) is 44.4 Å². The van der Waals surface area contributed by atoms with E-state index in [-0.39, 0.29) is 6.10 Å². The minimum Gasteiger partial charge on any atom is -0.393 e. The van der Waals surface area contributed by atoms with E-state index >= 15 is 0 Å². The van der Waals surface area contributed by atoms with Crippen molar-refractivity contribution >= 4 is 12.2 Å². The molecule has 0 unspecified atom stereocenters. The number of likely N-dealkylation sites (tertiary alicyclic amines) is 1. The minimum absolute atomic E-state index is 0.129. The lowest BCUT2D eigenvalue weighted by atomic mass is 10.1. The molecule has 0 bridgehead atoms. The van der Waals surface area contributed by atoms with E-state index in [1.807, 2.05) is 22.9 Å². The summed E-state index contributed by atoms with van der Waals surface area (Å²) in [4.78, 5) is 1.45. The molecule has 0 spiro atoms. The summed E-state index contributed by atoms with van der Waals surface area (Å²) in [6.07, 6.45) is 4.04. The highest BCUT2D eigenvalue weighted by atomic mass is 32.1. The van der Waals surface area contributed by atoms with E-state index in [4.69, 9.17) is 17.3 Å². The monoisotopic (exact) mass is 331 g/mol. The smallest absolute Gasteiger partial charge is 0.207 e. The van der Waals surface area contributed by atoms with Crippen molar-refractivity contribution in [2.24, 2.45) is 0 Å². The average molecular weight is 331 g/mol. The van der Waals surface area contributed by atoms with E-state index in [1.165, 1.54) is 17.7 Å². The van der Waals surface area contributed by atoms with Crippen LogP contribution in [-0.2, 0) is 6.67 Å². The van der Waals surface area contributed by atoms with Crippen LogP contribution in [0.25, 0.3) is 5.69 Å². The lowest BCUT2D eigenvalue weighted by Crippen LogP contribution is -3.12. The van der Waals surface area contributed by atoms with Crippen LogP contribution in [0, 0.1) is 4.77 Å². The Morgan fingerprint density at radius 2 is 1.83 bits per heavy atom. The minimum atomic E-state index is -0.129. The first kappa shape index (κ1) is 15.1. The highest BCUT2D eigenvalue weighted by molar-refractivity contribution is 7.71. The van der Waals surface area contributed by atoms with Crippen LogP contribution in [0.5, 0.6) is 0 Å². The van der Waals surface area contributed by atoms with Crippen molar-refractivity contribution in [2.75, 3.05) is 13.1 Å². The number of aromatic nitrogens is 3. The van der Waals surface area contributed by atoms with Crippen molar-refractivity contribution in [3.05, 3.63) is 40.9 Å². The number of aliphatic hydroxyl groups is 1. The van der Waals surface area contributed by atoms with Crippen LogP contribution in [0.15, 0.2) is 30.3 Å². The van der Waals surface area contributed by atoms with E-state index in [1.54, 1.807) is 0 Å². The highest BCUT2D eigenvalue weighted by Crippen LogP contribution is 2.40. The molecule has 1 saturated carbocycles. The Labute approximate surface area is 141 Å². The molecule has 6 heteroatoms. The van der Waals surface area contributed by atoms with Crippen LogP contribution in [0.2, 0.25) is 0 Å². The van der Waals surface area contributed by atoms with Gasteiger partial charge in [-0.15, -0.1) is 0 Å². The summed E-state index contributed by atoms with van der Waals surface area (Å²) in [5.74, 6) is 1.66. The van der Waals surface area contributed by atoms with E-state index in [9.17, 15) is 5.11 Å². The first-order valence-corrected chi connectivity index (χ1v) is 8.90. The zero-order chi connectivity index (χ0) is 15.8. The van der Waals surface area contributed by atoms with Gasteiger partial charge >= 0.3 is 0 Å². The van der Waals surface area contributed by atoms with Crippen LogP contribution in [-0.4, -0.2) is 38.6 Å². The van der Waals surface area contributed by atoms with Gasteiger partial charge in [0.05, 0.1) is 19.2 Å². The topological polar surface area (TPSA) is 47.4 Å². The van der Waals surface area contributed by atoms with Crippen molar-refractivity contribution in [3.8, 4) is 5.69 Å². The Morgan fingerprint density at radius 1 is 1.13 bits per heavy atom. The number of benzene rings is 1. The molecular formula is C17H23N4OS+. The lowest BCUT2D eigenvalue weighted by Gasteiger charge is -2.26. The zero-order valence-corrected chi connectivity index (χ0v) is 14.0. The molecule has 2 aliphatic rings. The van der Waals surface area contributed by atoms with Gasteiger partial charge in [-0.05, 0) is 37.2 Å². The molecule has 1 saturated heterocycles. The molecule has 122 valence electrons. The normalized spacial score (nSPS) is 24.7. The second-order valence-corrected chi connectivity index (χ2v) is 7.09. The third-order valence-electron chi connectivity index (χ3n) is 4.86. The van der Waals surface area contributed by atoms with Crippen molar-refractivity contribution in [3.63, 3.8) is 0 Å². The van der Waals surface area contributed by atoms with Gasteiger partial charge in [0.2, 0.25) is 4.77 Å². The number of aliphatic hydroxyl groups excluding tert-OH is 1. The van der Waals surface area contributed by atoms with E-state index < -0.39 is 0 Å². The fourth-order valence-electron chi connectivity index (χ4n) is 3.33. The molecule has 2 heterocycles. The molecule has 2 fully saturated rings. The summed E-state index contributed by atoms with van der Waals surface area (Å²) in [6.45, 7) is 2.77. The first-order chi connectivity index (χ1) is 11.2. The number of nitrogens with zero attached hydrogens (tertiary/aromatic N) is 3. The van der Waals surface area contributed by atoms with Gasteiger partial charge in [0.15, 0.2) is 6.67 Å². The van der Waals surface area contributed by atoms with Crippen LogP contribution < -0.4 is 4.90 Å². The molecule has 0 radical (unpaired) electrons. The maximum absolute atomic E-state index is 9.67. The third kappa shape index (κ3) is 3.11. The van der Waals surface area contributed by atoms with Crippen LogP contribution in [0.1, 0.15) is 37.4 Å². The highest BCUT2D eigenvalue weighted by Gasteiger charge is 2.31. The van der Waals surface area contributed by atoms with Gasteiger partial charge in [-0.1, -0.05) is 18.2 Å². The fourth-order valence-corrected chi connectivity index (χ4v) is 3.64. The van der Waals surface area contributed by atoms with Crippen molar-refractivity contribution in [1.29, 1.82) is 0 Å². The summed E-state index contributed by atoms with van der Waals surface area (Å²) < 4.78 is 4.92. The Balaban J connectivity index is 1.65. The maximum atomic E-state index is 9.67. The Bertz CT molecular complexity index is 727. The number of para-hydroxylation sites is 1. The standard InChI is InChI=1S/C17H22N4OS/c22-15-8-10-19(11-9-15)12-20-17(23)21(14-4-2-1-3-5-14)16(18-20)13-6-7-13/h1-5,13,15,22H,6-12H2/p+1. The quantitative estimate of drug-likeness (QED) is 0.830. The molecule has 23 heavy (non-hydrogen) atoms. The number of hydrogen-bond acceptors (Lipinski definition) is 3. The summed E-state index contributed by atoms with van der Waals surface area (Å²) >= 11 is 5.73. The fraction of sp³-hybridized carbons (Fsp3) is 0.529. The Hall–Kier alpha value is -1.50. The number of piperidine rings is 1. The molecule has 1 aliphatic carbocycles. The van der Waals surface area contributed by atoms with Crippen molar-refractivity contribution < 1.29 is 10.0 Å². The van der Waals surface area contributed by atoms with Crippen molar-refractivity contribution in [1.82, 2.24) is 14.3 Å². The average Bonchev–Trinajstić information content (AvgIpc) is 3.36. The number of quaternary nitrogens is 1. The van der Waals surface area contributed by atoms with Gasteiger partial charge in [-0.3, -0.25) is 4.57 Å². The third-order valence-corrected chi connectivity index (χ3v) is 5.25. The van der Waals surface area contributed by atoms with Crippen LogP contribution in [0.3, 0.4) is 0 Å². The summed E-state index contributed by atoms with van der Waals surface area (Å²) in [5.41, 5.74) is 1.11. The largest absolute Gasteiger partial charge is 0.393 e. The van der Waals surface area contributed by atoms with Crippen LogP contribution in [0.4, 0.5) is 0 Å². The molecule has 4 rings (SSSR count). The molecule has 0 amide bonds. The molecule has 1 aromatic heterocycles. The first-order valence-electron chi connectivity index (χ1n) is 8.49. The van der Waals surface area contributed by atoms with E-state index in [0.717, 1.165) is 48.9 Å². The number of hydrogen-bond donors (Lipinski definition) is 2. The van der Waals surface area contributed by atoms with Gasteiger partial charge in [0.1, 0.15) is 5.82 Å². The van der Waals surface area contributed by atoms with Gasteiger partial charge in [0.25, 0.3) is 0 Å². The number of rotatable bonds is 4. The Morgan fingerprint density at radius 3 is 2.48 bits per heavy atom. The van der Waals surface area contributed by atoms with E-state index in [2.05, 4.69) is 16.7 Å². The summed E-state index contributed by atoms with van der Waals surface area (Å²) in [6, 6.07) is 10.3. The maximum Gasteiger partial charge on any atom is 0.207 e. The molecule has 0 atom stereocenters. The molecule has 2 N–H and O–H groups in total. The van der Waals surface area contributed by atoms with Crippen LogP contribution >= 0.6 is 12.2 Å². The summed E-state index contributed by atoms with van der Waals surface area (Å²) in [5, 5.41) is 14.5. The van der Waals surface area contributed by atoms with Gasteiger partial charge in [-0.25, -0.2) is 0 Å². The Kier molecular flexibility index (Phi) is 4.05. The van der Waals surface area contributed by atoms with Gasteiger partial charge < -0.3 is 10.0 Å². The van der Waals surface area contributed by atoms with E-state index in [0.29, 0.717) is 5.92 Å². The molecule has 1 aromatic carbocycles. The molecule has 1 aliphatic heterocycles. The second-order valence-electron chi connectivity index (χ2n) is 6.72. The SMILES string of the molecule is OC1CC[NH+](Cn2nc(C3CC3)n(-c3ccccc3)c2=S)CC1. The van der Waals surface area contributed by atoms with Gasteiger partial charge in [-0.2, -0.15) is 9.78 Å². The molecular weight excluding hydrogens is 308 g/mol. The molecule has 5 nitrogen and oxygen atoms in total. The zero-order valence-electron chi connectivity index (χ0n) is 13.2. The lowest BCUT2D eigenvalue weighted by molar-refractivity contribution is -0.929.